The van der Waals surface area contributed by atoms with Crippen molar-refractivity contribution in [3.05, 3.63) is 74.7 Å². The lowest BCUT2D eigenvalue weighted by molar-refractivity contribution is -0.132. The number of aromatic amines is 1. The molecule has 3 heterocycles. The summed E-state index contributed by atoms with van der Waals surface area (Å²) in [5.41, 5.74) is 4.52. The van der Waals surface area contributed by atoms with Crippen molar-refractivity contribution in [1.82, 2.24) is 19.4 Å². The number of nitrogens with zero attached hydrogens (tertiary/aromatic N) is 3. The zero-order valence-corrected chi connectivity index (χ0v) is 16.6. The van der Waals surface area contributed by atoms with Crippen LogP contribution < -0.4 is 5.56 Å². The second kappa shape index (κ2) is 6.60. The topological polar surface area (TPSA) is 71.0 Å². The first-order valence-electron chi connectivity index (χ1n) is 9.12. The van der Waals surface area contributed by atoms with Gasteiger partial charge in [0.1, 0.15) is 6.54 Å². The van der Waals surface area contributed by atoms with Crippen molar-refractivity contribution < 1.29 is 4.79 Å². The maximum absolute atomic E-state index is 13.0. The summed E-state index contributed by atoms with van der Waals surface area (Å²) in [5, 5.41) is 1.13. The molecule has 140 valence electrons. The average Bonchev–Trinajstić information content (AvgIpc) is 3.09. The van der Waals surface area contributed by atoms with Gasteiger partial charge in [-0.25, -0.2) is 4.98 Å². The van der Waals surface area contributed by atoms with E-state index in [2.05, 4.69) is 32.0 Å². The van der Waals surface area contributed by atoms with Crippen LogP contribution in [0.25, 0.3) is 21.9 Å². The lowest BCUT2D eigenvalue weighted by atomic mass is 10.0. The Kier molecular flexibility index (Phi) is 4.05. The van der Waals surface area contributed by atoms with Crippen LogP contribution in [0.2, 0.25) is 0 Å². The molecule has 0 radical (unpaired) electrons. The van der Waals surface area contributed by atoms with Gasteiger partial charge in [0.2, 0.25) is 5.91 Å². The van der Waals surface area contributed by atoms with E-state index in [9.17, 15) is 9.59 Å². The predicted octanol–water partition coefficient (Wildman–Crippen LogP) is 3.23. The third-order valence-corrected chi connectivity index (χ3v) is 6.02. The molecule has 0 bridgehead atoms. The number of halogens is 1. The molecule has 28 heavy (non-hydrogen) atoms. The molecule has 0 unspecified atom stereocenters. The molecule has 1 aliphatic heterocycles. The van der Waals surface area contributed by atoms with Gasteiger partial charge in [0.05, 0.1) is 22.7 Å². The van der Waals surface area contributed by atoms with Gasteiger partial charge < -0.3 is 9.88 Å². The molecule has 0 saturated heterocycles. The van der Waals surface area contributed by atoms with Gasteiger partial charge in [0, 0.05) is 40.6 Å². The number of carbonyl (C=O) groups excluding carboxylic acids is 1. The minimum atomic E-state index is -0.263. The number of amides is 1. The Morgan fingerprint density at radius 1 is 1.18 bits per heavy atom. The Hall–Kier alpha value is -2.93. The van der Waals surface area contributed by atoms with Crippen molar-refractivity contribution in [2.45, 2.75) is 19.5 Å². The molecule has 0 saturated carbocycles. The van der Waals surface area contributed by atoms with E-state index in [1.165, 1.54) is 16.5 Å². The van der Waals surface area contributed by atoms with E-state index in [-0.39, 0.29) is 18.0 Å². The van der Waals surface area contributed by atoms with E-state index in [1.54, 1.807) is 0 Å². The molecule has 1 aliphatic rings. The highest BCUT2D eigenvalue weighted by molar-refractivity contribution is 9.10. The minimum Gasteiger partial charge on any atom is -0.357 e. The molecule has 0 atom stereocenters. The Labute approximate surface area is 168 Å². The molecule has 6 nitrogen and oxygen atoms in total. The van der Waals surface area contributed by atoms with Crippen LogP contribution in [0.15, 0.2) is 57.9 Å². The van der Waals surface area contributed by atoms with E-state index in [0.29, 0.717) is 24.1 Å². The normalized spacial score (nSPS) is 13.8. The third-order valence-electron chi connectivity index (χ3n) is 5.36. The predicted molar refractivity (Wildman–Crippen MR) is 111 cm³/mol. The second-order valence-corrected chi connectivity index (χ2v) is 7.84. The van der Waals surface area contributed by atoms with Gasteiger partial charge in [-0.1, -0.05) is 24.3 Å². The monoisotopic (exact) mass is 436 g/mol. The first kappa shape index (κ1) is 17.2. The van der Waals surface area contributed by atoms with Gasteiger partial charge in [-0.2, -0.15) is 0 Å². The molecule has 1 amide bonds. The number of aromatic nitrogens is 3. The van der Waals surface area contributed by atoms with Gasteiger partial charge in [-0.05, 0) is 34.1 Å². The smallest absolute Gasteiger partial charge is 0.269 e. The Morgan fingerprint density at radius 2 is 2.04 bits per heavy atom. The van der Waals surface area contributed by atoms with Crippen LogP contribution in [0.5, 0.6) is 0 Å². The summed E-state index contributed by atoms with van der Waals surface area (Å²) in [6, 6.07) is 13.5. The number of benzene rings is 2. The number of fused-ring (bicyclic) bond motifs is 4. The van der Waals surface area contributed by atoms with Crippen LogP contribution in [-0.4, -0.2) is 31.9 Å². The fourth-order valence-electron chi connectivity index (χ4n) is 3.93. The summed E-state index contributed by atoms with van der Waals surface area (Å²) in [4.78, 5) is 34.8. The molecule has 7 heteroatoms. The van der Waals surface area contributed by atoms with Gasteiger partial charge in [-0.3, -0.25) is 14.2 Å². The lowest BCUT2D eigenvalue weighted by Crippen LogP contribution is -2.39. The molecule has 0 spiro atoms. The SMILES string of the molecule is O=C(Cn1c(=O)cnc2ccccc21)N1CCc2[nH]c3c(Br)cccc3c2C1. The molecular formula is C21H17BrN4O2. The van der Waals surface area contributed by atoms with Crippen molar-refractivity contribution in [2.24, 2.45) is 0 Å². The van der Waals surface area contributed by atoms with Crippen LogP contribution in [-0.2, 0) is 24.3 Å². The Morgan fingerprint density at radius 3 is 2.93 bits per heavy atom. The quantitative estimate of drug-likeness (QED) is 0.524. The highest BCUT2D eigenvalue weighted by atomic mass is 79.9. The van der Waals surface area contributed by atoms with Crippen LogP contribution in [0.4, 0.5) is 0 Å². The van der Waals surface area contributed by atoms with Crippen LogP contribution >= 0.6 is 15.9 Å². The summed E-state index contributed by atoms with van der Waals surface area (Å²) in [5.74, 6) is -0.0616. The number of rotatable bonds is 2. The summed E-state index contributed by atoms with van der Waals surface area (Å²) in [6.07, 6.45) is 2.05. The highest BCUT2D eigenvalue weighted by Gasteiger charge is 2.25. The highest BCUT2D eigenvalue weighted by Crippen LogP contribution is 2.31. The Balaban J connectivity index is 1.47. The zero-order chi connectivity index (χ0) is 19.3. The van der Waals surface area contributed by atoms with Crippen molar-refractivity contribution in [1.29, 1.82) is 0 Å². The number of para-hydroxylation sites is 3. The van der Waals surface area contributed by atoms with E-state index in [0.717, 1.165) is 27.4 Å². The van der Waals surface area contributed by atoms with E-state index < -0.39 is 0 Å². The summed E-state index contributed by atoms with van der Waals surface area (Å²) >= 11 is 3.59. The first-order valence-corrected chi connectivity index (χ1v) is 9.91. The molecular weight excluding hydrogens is 420 g/mol. The maximum Gasteiger partial charge on any atom is 0.269 e. The standard InChI is InChI=1S/C21H17BrN4O2/c22-15-5-3-4-13-14-11-25(9-8-16(14)24-21(13)15)20(28)12-26-18-7-2-1-6-17(18)23-10-19(26)27/h1-7,10,24H,8-9,11-12H2. The average molecular weight is 437 g/mol. The Bertz CT molecular complexity index is 1290. The van der Waals surface area contributed by atoms with Crippen molar-refractivity contribution in [3.63, 3.8) is 0 Å². The van der Waals surface area contributed by atoms with Crippen molar-refractivity contribution in [3.8, 4) is 0 Å². The van der Waals surface area contributed by atoms with Crippen LogP contribution in [0.1, 0.15) is 11.3 Å². The molecule has 2 aromatic heterocycles. The molecule has 0 fully saturated rings. The lowest BCUT2D eigenvalue weighted by Gasteiger charge is -2.27. The van der Waals surface area contributed by atoms with Crippen molar-refractivity contribution >= 4 is 43.8 Å². The summed E-state index contributed by atoms with van der Waals surface area (Å²) in [7, 11) is 0. The minimum absolute atomic E-state index is 0.0171. The second-order valence-electron chi connectivity index (χ2n) is 6.98. The van der Waals surface area contributed by atoms with Crippen LogP contribution in [0, 0.1) is 0 Å². The van der Waals surface area contributed by atoms with E-state index in [4.69, 9.17) is 0 Å². The number of hydrogen-bond acceptors (Lipinski definition) is 3. The summed E-state index contributed by atoms with van der Waals surface area (Å²) < 4.78 is 2.53. The molecule has 2 aromatic carbocycles. The largest absolute Gasteiger partial charge is 0.357 e. The summed E-state index contributed by atoms with van der Waals surface area (Å²) in [6.45, 7) is 1.19. The fourth-order valence-corrected chi connectivity index (χ4v) is 4.39. The van der Waals surface area contributed by atoms with Gasteiger partial charge in [0.25, 0.3) is 5.56 Å². The molecule has 0 aliphatic carbocycles. The van der Waals surface area contributed by atoms with E-state index >= 15 is 0 Å². The first-order chi connectivity index (χ1) is 13.6. The molecule has 5 rings (SSSR count). The van der Waals surface area contributed by atoms with Gasteiger partial charge in [-0.15, -0.1) is 0 Å². The zero-order valence-electron chi connectivity index (χ0n) is 15.0. The number of nitrogens with one attached hydrogen (secondary N) is 1. The number of H-pyrrole nitrogens is 1. The number of hydrogen-bond donors (Lipinski definition) is 1. The van der Waals surface area contributed by atoms with Gasteiger partial charge in [0.15, 0.2) is 0 Å². The fraction of sp³-hybridized carbons (Fsp3) is 0.190. The molecule has 4 aromatic rings. The maximum atomic E-state index is 13.0. The van der Waals surface area contributed by atoms with Gasteiger partial charge >= 0.3 is 0 Å². The molecule has 1 N–H and O–H groups in total. The number of carbonyl (C=O) groups is 1. The third kappa shape index (κ3) is 2.74. The van der Waals surface area contributed by atoms with E-state index in [1.807, 2.05) is 41.3 Å². The van der Waals surface area contributed by atoms with Crippen molar-refractivity contribution in [2.75, 3.05) is 6.54 Å². The van der Waals surface area contributed by atoms with Crippen LogP contribution in [0.3, 0.4) is 0 Å².